The lowest BCUT2D eigenvalue weighted by Gasteiger charge is -2.55. The maximum absolute atomic E-state index is 14.5. The lowest BCUT2D eigenvalue weighted by Crippen LogP contribution is -2.70. The standard InChI is InChI=1S/C30H30F2N8O/c1-19(15-36-33-2)20-5-7-23(8-6-20)37-26-9-11-35-27(39-26)22-4-3-21-13-25(38-24(21)14-22)28(41)40-17-29(18-40)10-12-34-16-30(29,31)32/h3-9,11,13-15,34,36,38H,2,10,12,16-18H2,1H3,(H,35,37,39)/b19-15+. The fourth-order valence-electron chi connectivity index (χ4n) is 5.47. The number of anilines is 2. The molecule has 0 bridgehead atoms. The number of carbonyl (C=O) groups is 1. The topological polar surface area (TPSA) is 110 Å². The van der Waals surface area contributed by atoms with E-state index in [1.54, 1.807) is 24.5 Å². The number of allylic oxidation sites excluding steroid dienone is 1. The van der Waals surface area contributed by atoms with E-state index >= 15 is 0 Å². The van der Waals surface area contributed by atoms with Crippen molar-refractivity contribution in [3.8, 4) is 11.4 Å². The summed E-state index contributed by atoms with van der Waals surface area (Å²) in [5, 5.41) is 10.5. The smallest absolute Gasteiger partial charge is 0.270 e. The average molecular weight is 557 g/mol. The minimum absolute atomic E-state index is 0.0673. The Labute approximate surface area is 235 Å². The number of piperidine rings is 1. The molecule has 0 radical (unpaired) electrons. The molecule has 2 saturated heterocycles. The number of likely N-dealkylation sites (tertiary alicyclic amines) is 1. The first kappa shape index (κ1) is 26.6. The van der Waals surface area contributed by atoms with Crippen LogP contribution in [0.15, 0.2) is 72.1 Å². The van der Waals surface area contributed by atoms with Crippen LogP contribution in [0.25, 0.3) is 27.9 Å². The van der Waals surface area contributed by atoms with E-state index in [0.29, 0.717) is 30.3 Å². The van der Waals surface area contributed by atoms with Crippen LogP contribution in [0.2, 0.25) is 0 Å². The zero-order chi connectivity index (χ0) is 28.6. The Morgan fingerprint density at radius 1 is 1.15 bits per heavy atom. The minimum atomic E-state index is -2.82. The zero-order valence-corrected chi connectivity index (χ0v) is 22.5. The van der Waals surface area contributed by atoms with Crippen LogP contribution in [0.4, 0.5) is 20.3 Å². The summed E-state index contributed by atoms with van der Waals surface area (Å²) >= 11 is 0. The molecular formula is C30H30F2N8O. The summed E-state index contributed by atoms with van der Waals surface area (Å²) in [6.45, 7) is 5.72. The van der Waals surface area contributed by atoms with E-state index in [0.717, 1.165) is 33.3 Å². The first-order valence-electron chi connectivity index (χ1n) is 13.4. The van der Waals surface area contributed by atoms with Gasteiger partial charge in [0.2, 0.25) is 0 Å². The molecule has 1 spiro atoms. The van der Waals surface area contributed by atoms with E-state index in [2.05, 4.69) is 42.8 Å². The third-order valence-corrected chi connectivity index (χ3v) is 7.93. The van der Waals surface area contributed by atoms with Gasteiger partial charge in [-0.2, -0.15) is 5.10 Å². The van der Waals surface area contributed by atoms with Crippen molar-refractivity contribution < 1.29 is 13.6 Å². The van der Waals surface area contributed by atoms with Crippen LogP contribution in [-0.2, 0) is 0 Å². The second kappa shape index (κ2) is 10.4. The molecule has 4 N–H and O–H groups in total. The Morgan fingerprint density at radius 3 is 2.71 bits per heavy atom. The molecule has 1 amide bonds. The van der Waals surface area contributed by atoms with Crippen LogP contribution in [0.3, 0.4) is 0 Å². The summed E-state index contributed by atoms with van der Waals surface area (Å²) in [5.74, 6) is -1.93. The number of nitrogens with one attached hydrogen (secondary N) is 4. The quantitative estimate of drug-likeness (QED) is 0.188. The molecule has 2 aliphatic heterocycles. The molecule has 0 aliphatic carbocycles. The monoisotopic (exact) mass is 556 g/mol. The second-order valence-corrected chi connectivity index (χ2v) is 10.6. The van der Waals surface area contributed by atoms with Gasteiger partial charge in [0.15, 0.2) is 5.82 Å². The van der Waals surface area contributed by atoms with Crippen molar-refractivity contribution in [1.29, 1.82) is 0 Å². The number of aromatic nitrogens is 3. The van der Waals surface area contributed by atoms with Crippen molar-refractivity contribution in [1.82, 2.24) is 30.6 Å². The highest BCUT2D eigenvalue weighted by atomic mass is 19.3. The SMILES string of the molecule is C=NN/C=C(\C)c1ccc(Nc2ccnc(-c3ccc4cc(C(=O)N5CC6(CCNCC6(F)F)C5)[nH]c4c3)n2)cc1. The van der Waals surface area contributed by atoms with Gasteiger partial charge >= 0.3 is 0 Å². The van der Waals surface area contributed by atoms with Crippen LogP contribution in [0.1, 0.15) is 29.4 Å². The maximum Gasteiger partial charge on any atom is 0.270 e. The molecule has 4 aromatic rings. The Kier molecular flexibility index (Phi) is 6.74. The number of aromatic amines is 1. The summed E-state index contributed by atoms with van der Waals surface area (Å²) in [6.07, 6.45) is 3.83. The van der Waals surface area contributed by atoms with E-state index in [4.69, 9.17) is 0 Å². The van der Waals surface area contributed by atoms with Crippen molar-refractivity contribution in [2.24, 2.45) is 10.5 Å². The Balaban J connectivity index is 1.16. The van der Waals surface area contributed by atoms with Crippen molar-refractivity contribution in [2.75, 3.05) is 31.5 Å². The predicted octanol–water partition coefficient (Wildman–Crippen LogP) is 5.01. The highest BCUT2D eigenvalue weighted by Gasteiger charge is 2.62. The normalized spacial score (nSPS) is 17.7. The number of fused-ring (bicyclic) bond motifs is 1. The number of alkyl halides is 2. The third kappa shape index (κ3) is 5.04. The van der Waals surface area contributed by atoms with E-state index in [-0.39, 0.29) is 25.5 Å². The van der Waals surface area contributed by atoms with Crippen molar-refractivity contribution in [2.45, 2.75) is 19.3 Å². The van der Waals surface area contributed by atoms with Gasteiger partial charge in [-0.3, -0.25) is 10.2 Å². The Morgan fingerprint density at radius 2 is 1.95 bits per heavy atom. The largest absolute Gasteiger partial charge is 0.351 e. The minimum Gasteiger partial charge on any atom is -0.351 e. The lowest BCUT2D eigenvalue weighted by molar-refractivity contribution is -0.192. The first-order chi connectivity index (χ1) is 19.8. The molecule has 2 aromatic carbocycles. The average Bonchev–Trinajstić information content (AvgIpc) is 3.38. The molecule has 0 unspecified atom stereocenters. The number of benzene rings is 2. The summed E-state index contributed by atoms with van der Waals surface area (Å²) in [5.41, 5.74) is 6.46. The summed E-state index contributed by atoms with van der Waals surface area (Å²) in [4.78, 5) is 26.9. The van der Waals surface area contributed by atoms with Gasteiger partial charge in [0.1, 0.15) is 11.5 Å². The number of H-pyrrole nitrogens is 1. The molecule has 2 fully saturated rings. The zero-order valence-electron chi connectivity index (χ0n) is 22.5. The first-order valence-corrected chi connectivity index (χ1v) is 13.4. The maximum atomic E-state index is 14.5. The Hall–Kier alpha value is -4.64. The lowest BCUT2D eigenvalue weighted by atomic mass is 9.69. The fourth-order valence-corrected chi connectivity index (χ4v) is 5.47. The van der Waals surface area contributed by atoms with Crippen LogP contribution in [0.5, 0.6) is 0 Å². The van der Waals surface area contributed by atoms with Gasteiger partial charge in [-0.05, 0) is 61.4 Å². The molecule has 4 heterocycles. The second-order valence-electron chi connectivity index (χ2n) is 10.6. The summed E-state index contributed by atoms with van der Waals surface area (Å²) in [7, 11) is 0. The van der Waals surface area contributed by atoms with E-state index in [1.165, 1.54) is 4.90 Å². The van der Waals surface area contributed by atoms with Gasteiger partial charge in [-0.15, -0.1) is 0 Å². The molecule has 2 aliphatic rings. The highest BCUT2D eigenvalue weighted by molar-refractivity contribution is 5.99. The van der Waals surface area contributed by atoms with Crippen molar-refractivity contribution >= 4 is 40.6 Å². The van der Waals surface area contributed by atoms with Crippen LogP contribution in [-0.4, -0.2) is 64.6 Å². The molecule has 6 rings (SSSR count). The molecule has 2 aromatic heterocycles. The van der Waals surface area contributed by atoms with Crippen LogP contribution in [0, 0.1) is 5.41 Å². The number of carbonyl (C=O) groups excluding carboxylic acids is 1. The van der Waals surface area contributed by atoms with Crippen LogP contribution >= 0.6 is 0 Å². The van der Waals surface area contributed by atoms with Gasteiger partial charge in [0.25, 0.3) is 11.8 Å². The summed E-state index contributed by atoms with van der Waals surface area (Å²) in [6, 6.07) is 17.2. The molecular weight excluding hydrogens is 526 g/mol. The number of nitrogens with zero attached hydrogens (tertiary/aromatic N) is 4. The van der Waals surface area contributed by atoms with Gasteiger partial charge in [0, 0.05) is 54.4 Å². The highest BCUT2D eigenvalue weighted by Crippen LogP contribution is 2.48. The predicted molar refractivity (Wildman–Crippen MR) is 156 cm³/mol. The molecule has 9 nitrogen and oxygen atoms in total. The van der Waals surface area contributed by atoms with E-state index in [1.807, 2.05) is 49.4 Å². The van der Waals surface area contributed by atoms with Gasteiger partial charge in [-0.25, -0.2) is 18.7 Å². The van der Waals surface area contributed by atoms with Gasteiger partial charge in [-0.1, -0.05) is 24.3 Å². The number of halogens is 2. The van der Waals surface area contributed by atoms with E-state index < -0.39 is 11.3 Å². The van der Waals surface area contributed by atoms with Gasteiger partial charge < -0.3 is 20.5 Å². The molecule has 11 heteroatoms. The number of rotatable bonds is 7. The van der Waals surface area contributed by atoms with Crippen molar-refractivity contribution in [3.63, 3.8) is 0 Å². The molecule has 41 heavy (non-hydrogen) atoms. The van der Waals surface area contributed by atoms with Crippen molar-refractivity contribution in [3.05, 3.63) is 78.3 Å². The number of amides is 1. The summed E-state index contributed by atoms with van der Waals surface area (Å²) < 4.78 is 29.0. The van der Waals surface area contributed by atoms with Crippen LogP contribution < -0.4 is 16.1 Å². The molecule has 0 saturated carbocycles. The van der Waals surface area contributed by atoms with Gasteiger partial charge in [0.05, 0.1) is 12.0 Å². The van der Waals surface area contributed by atoms with E-state index in [9.17, 15) is 13.6 Å². The Bertz CT molecular complexity index is 1640. The molecule has 0 atom stereocenters. The third-order valence-electron chi connectivity index (χ3n) is 7.93. The number of hydrogen-bond donors (Lipinski definition) is 4. The number of hydrogen-bond acceptors (Lipinski definition) is 7. The molecule has 210 valence electrons. The number of hydrazone groups is 1. The fraction of sp³-hybridized carbons (Fsp3) is 0.267.